The fourth-order valence-corrected chi connectivity index (χ4v) is 3.34. The molecule has 1 saturated heterocycles. The summed E-state index contributed by atoms with van der Waals surface area (Å²) in [5, 5.41) is 3.29. The van der Waals surface area contributed by atoms with Crippen molar-refractivity contribution in [1.29, 1.82) is 0 Å². The van der Waals surface area contributed by atoms with E-state index in [4.69, 9.17) is 4.74 Å². The topological polar surface area (TPSA) is 67.4 Å². The Bertz CT molecular complexity index is 335. The van der Waals surface area contributed by atoms with Gasteiger partial charge < -0.3 is 10.1 Å². The number of ether oxygens (including phenoxy) is 1. The Kier molecular flexibility index (Phi) is 6.04. The van der Waals surface area contributed by atoms with Crippen molar-refractivity contribution in [3.8, 4) is 0 Å². The minimum absolute atomic E-state index is 0.439. The first-order valence-corrected chi connectivity index (χ1v) is 8.49. The van der Waals surface area contributed by atoms with Crippen LogP contribution < -0.4 is 10.0 Å². The smallest absolute Gasteiger partial charge is 0.209 e. The van der Waals surface area contributed by atoms with Crippen LogP contribution in [0.4, 0.5) is 0 Å². The molecule has 1 aliphatic rings. The van der Waals surface area contributed by atoms with Crippen molar-refractivity contribution in [3.63, 3.8) is 0 Å². The Labute approximate surface area is 111 Å². The predicted molar refractivity (Wildman–Crippen MR) is 73.1 cm³/mol. The Hall–Kier alpha value is -0.170. The van der Waals surface area contributed by atoms with Crippen molar-refractivity contribution in [2.75, 3.05) is 26.0 Å². The van der Waals surface area contributed by atoms with Crippen molar-refractivity contribution >= 4 is 10.0 Å². The molecule has 108 valence electrons. The van der Waals surface area contributed by atoms with Gasteiger partial charge in [-0.15, -0.1) is 0 Å². The summed E-state index contributed by atoms with van der Waals surface area (Å²) in [6.45, 7) is 6.19. The summed E-state index contributed by atoms with van der Waals surface area (Å²) in [7, 11) is -3.15. The molecule has 6 heteroatoms. The van der Waals surface area contributed by atoms with E-state index in [0.717, 1.165) is 26.0 Å². The van der Waals surface area contributed by atoms with Gasteiger partial charge in [0, 0.05) is 18.7 Å². The zero-order valence-corrected chi connectivity index (χ0v) is 12.5. The van der Waals surface area contributed by atoms with Gasteiger partial charge >= 0.3 is 0 Å². The van der Waals surface area contributed by atoms with Crippen LogP contribution in [-0.4, -0.2) is 46.0 Å². The van der Waals surface area contributed by atoms with Crippen molar-refractivity contribution in [1.82, 2.24) is 10.0 Å². The molecule has 18 heavy (non-hydrogen) atoms. The van der Waals surface area contributed by atoms with Crippen molar-refractivity contribution in [2.24, 2.45) is 0 Å². The first-order valence-electron chi connectivity index (χ1n) is 6.60. The lowest BCUT2D eigenvalue weighted by Gasteiger charge is -2.25. The van der Waals surface area contributed by atoms with Gasteiger partial charge in [0.25, 0.3) is 0 Å². The van der Waals surface area contributed by atoms with Crippen LogP contribution in [0.5, 0.6) is 0 Å². The lowest BCUT2D eigenvalue weighted by molar-refractivity contribution is 0.102. The summed E-state index contributed by atoms with van der Waals surface area (Å²) in [4.78, 5) is 0. The highest BCUT2D eigenvalue weighted by Gasteiger charge is 2.21. The Morgan fingerprint density at radius 1 is 1.39 bits per heavy atom. The molecule has 0 aromatic heterocycles. The van der Waals surface area contributed by atoms with E-state index in [-0.39, 0.29) is 0 Å². The van der Waals surface area contributed by atoms with Crippen LogP contribution in [0.1, 0.15) is 39.5 Å². The maximum Gasteiger partial charge on any atom is 0.209 e. The summed E-state index contributed by atoms with van der Waals surface area (Å²) in [5.41, 5.74) is -0.447. The van der Waals surface area contributed by atoms with E-state index >= 15 is 0 Å². The number of sulfonamides is 1. The van der Waals surface area contributed by atoms with Crippen molar-refractivity contribution in [2.45, 2.75) is 51.2 Å². The van der Waals surface area contributed by atoms with Gasteiger partial charge in [-0.25, -0.2) is 13.1 Å². The number of hydrogen-bond donors (Lipinski definition) is 2. The van der Waals surface area contributed by atoms with Gasteiger partial charge in [0.05, 0.1) is 12.4 Å². The summed E-state index contributed by atoms with van der Waals surface area (Å²) < 4.78 is 30.5. The molecule has 5 nitrogen and oxygen atoms in total. The van der Waals surface area contributed by atoms with E-state index < -0.39 is 15.6 Å². The third-order valence-electron chi connectivity index (χ3n) is 2.93. The number of hydrogen-bond acceptors (Lipinski definition) is 4. The van der Waals surface area contributed by atoms with Crippen LogP contribution in [0.3, 0.4) is 0 Å². The predicted octanol–water partition coefficient (Wildman–Crippen LogP) is 0.863. The van der Waals surface area contributed by atoms with E-state index in [2.05, 4.69) is 10.0 Å². The molecule has 1 aliphatic heterocycles. The molecule has 0 bridgehead atoms. The van der Waals surface area contributed by atoms with Crippen LogP contribution in [-0.2, 0) is 14.8 Å². The van der Waals surface area contributed by atoms with Gasteiger partial charge in [0.1, 0.15) is 0 Å². The second-order valence-electron chi connectivity index (χ2n) is 5.71. The molecule has 0 aliphatic carbocycles. The van der Waals surface area contributed by atoms with Crippen LogP contribution in [0, 0.1) is 0 Å². The van der Waals surface area contributed by atoms with Crippen LogP contribution >= 0.6 is 0 Å². The minimum Gasteiger partial charge on any atom is -0.378 e. The van der Waals surface area contributed by atoms with Gasteiger partial charge in [-0.2, -0.15) is 0 Å². The first-order chi connectivity index (χ1) is 8.29. The zero-order chi connectivity index (χ0) is 13.6. The maximum atomic E-state index is 11.2. The number of rotatable bonds is 8. The molecule has 0 amide bonds. The number of nitrogens with one attached hydrogen (secondary N) is 2. The van der Waals surface area contributed by atoms with Crippen molar-refractivity contribution in [3.05, 3.63) is 0 Å². The van der Waals surface area contributed by atoms with E-state index in [9.17, 15) is 8.42 Å². The van der Waals surface area contributed by atoms with E-state index in [1.165, 1.54) is 19.1 Å². The highest BCUT2D eigenvalue weighted by atomic mass is 32.2. The Morgan fingerprint density at radius 2 is 2.11 bits per heavy atom. The fourth-order valence-electron chi connectivity index (χ4n) is 2.27. The molecule has 1 rings (SSSR count). The molecule has 1 atom stereocenters. The summed E-state index contributed by atoms with van der Waals surface area (Å²) >= 11 is 0. The SMILES string of the molecule is CC(C)(CNCCCC1CCCO1)NS(C)(=O)=O. The summed E-state index contributed by atoms with van der Waals surface area (Å²) in [6.07, 6.45) is 6.15. The molecule has 2 N–H and O–H groups in total. The zero-order valence-electron chi connectivity index (χ0n) is 11.7. The quantitative estimate of drug-likeness (QED) is 0.646. The molecule has 0 spiro atoms. The second kappa shape index (κ2) is 6.84. The molecule has 1 unspecified atom stereocenters. The first kappa shape index (κ1) is 15.9. The molecule has 0 radical (unpaired) electrons. The normalized spacial score (nSPS) is 21.4. The van der Waals surface area contributed by atoms with E-state index in [1.54, 1.807) is 0 Å². The Balaban J connectivity index is 2.09. The average molecular weight is 278 g/mol. The van der Waals surface area contributed by atoms with Gasteiger partial charge in [0.15, 0.2) is 0 Å². The van der Waals surface area contributed by atoms with Crippen LogP contribution in [0.2, 0.25) is 0 Å². The fraction of sp³-hybridized carbons (Fsp3) is 1.00. The van der Waals surface area contributed by atoms with Gasteiger partial charge in [-0.3, -0.25) is 0 Å². The maximum absolute atomic E-state index is 11.2. The minimum atomic E-state index is -3.15. The van der Waals surface area contributed by atoms with Gasteiger partial charge in [-0.1, -0.05) is 0 Å². The highest BCUT2D eigenvalue weighted by molar-refractivity contribution is 7.88. The van der Waals surface area contributed by atoms with E-state index in [1.807, 2.05) is 13.8 Å². The molecule has 0 aromatic carbocycles. The van der Waals surface area contributed by atoms with Crippen LogP contribution in [0.25, 0.3) is 0 Å². The average Bonchev–Trinajstić information content (AvgIpc) is 2.65. The highest BCUT2D eigenvalue weighted by Crippen LogP contribution is 2.16. The standard InChI is InChI=1S/C12H26N2O3S/c1-12(2,14-18(3,15)16)10-13-8-4-6-11-7-5-9-17-11/h11,13-14H,4-10H2,1-3H3. The molecule has 1 fully saturated rings. The molecular weight excluding hydrogens is 252 g/mol. The van der Waals surface area contributed by atoms with Crippen LogP contribution in [0.15, 0.2) is 0 Å². The molecular formula is C12H26N2O3S. The third kappa shape index (κ3) is 7.31. The summed E-state index contributed by atoms with van der Waals surface area (Å²) in [6, 6.07) is 0. The van der Waals surface area contributed by atoms with Gasteiger partial charge in [0.2, 0.25) is 10.0 Å². The Morgan fingerprint density at radius 3 is 2.67 bits per heavy atom. The second-order valence-corrected chi connectivity index (χ2v) is 7.46. The lowest BCUT2D eigenvalue weighted by Crippen LogP contribution is -2.50. The monoisotopic (exact) mass is 278 g/mol. The largest absolute Gasteiger partial charge is 0.378 e. The third-order valence-corrected chi connectivity index (χ3v) is 3.86. The molecule has 1 heterocycles. The molecule has 0 saturated carbocycles. The van der Waals surface area contributed by atoms with Gasteiger partial charge in [-0.05, 0) is 46.1 Å². The van der Waals surface area contributed by atoms with E-state index in [0.29, 0.717) is 12.6 Å². The molecule has 0 aromatic rings. The lowest BCUT2D eigenvalue weighted by atomic mass is 10.1. The van der Waals surface area contributed by atoms with Crippen molar-refractivity contribution < 1.29 is 13.2 Å². The summed E-state index contributed by atoms with van der Waals surface area (Å²) in [5.74, 6) is 0.